The van der Waals surface area contributed by atoms with Crippen molar-refractivity contribution in [2.75, 3.05) is 0 Å². The van der Waals surface area contributed by atoms with Crippen LogP contribution >= 0.6 is 11.3 Å². The van der Waals surface area contributed by atoms with Gasteiger partial charge in [-0.25, -0.2) is 10.4 Å². The maximum absolute atomic E-state index is 12.1. The van der Waals surface area contributed by atoms with E-state index in [2.05, 4.69) is 32.6 Å². The fourth-order valence-corrected chi connectivity index (χ4v) is 3.59. The summed E-state index contributed by atoms with van der Waals surface area (Å²) in [6, 6.07) is 13.9. The molecule has 0 aliphatic heterocycles. The SMILES string of the molecule is Cc1nc(CC(=O)N/N=C\c2cn(Cc3ccccc3)nc2-c2cccnc2)cs1. The first kappa shape index (κ1) is 19.7. The Bertz CT molecular complexity index is 1150. The first-order valence-electron chi connectivity index (χ1n) is 9.42. The van der Waals surface area contributed by atoms with Crippen LogP contribution in [0, 0.1) is 6.92 Å². The van der Waals surface area contributed by atoms with Crippen LogP contribution < -0.4 is 5.43 Å². The molecule has 0 aliphatic rings. The van der Waals surface area contributed by atoms with Crippen molar-refractivity contribution in [2.45, 2.75) is 19.9 Å². The summed E-state index contributed by atoms with van der Waals surface area (Å²) >= 11 is 1.52. The second-order valence-electron chi connectivity index (χ2n) is 6.69. The van der Waals surface area contributed by atoms with Crippen molar-refractivity contribution in [3.8, 4) is 11.3 Å². The monoisotopic (exact) mass is 416 g/mol. The van der Waals surface area contributed by atoms with E-state index >= 15 is 0 Å². The Morgan fingerprint density at radius 3 is 2.83 bits per heavy atom. The quantitative estimate of drug-likeness (QED) is 0.369. The van der Waals surface area contributed by atoms with E-state index in [9.17, 15) is 4.79 Å². The molecule has 4 aromatic rings. The Morgan fingerprint density at radius 1 is 1.23 bits per heavy atom. The van der Waals surface area contributed by atoms with E-state index in [1.807, 2.05) is 53.5 Å². The number of carbonyl (C=O) groups is 1. The third-order valence-electron chi connectivity index (χ3n) is 4.31. The zero-order valence-electron chi connectivity index (χ0n) is 16.4. The highest BCUT2D eigenvalue weighted by Gasteiger charge is 2.11. The average molecular weight is 417 g/mol. The van der Waals surface area contributed by atoms with E-state index in [0.29, 0.717) is 6.54 Å². The number of hydrazone groups is 1. The standard InChI is InChI=1S/C22H20N6OS/c1-16-25-20(15-30-16)10-21(29)26-24-12-19-14-28(13-17-6-3-2-4-7-17)27-22(19)18-8-5-9-23-11-18/h2-9,11-12,14-15H,10,13H2,1H3,(H,26,29)/b24-12-. The molecule has 30 heavy (non-hydrogen) atoms. The van der Waals surface area contributed by atoms with E-state index in [0.717, 1.165) is 33.1 Å². The molecule has 0 fully saturated rings. The predicted molar refractivity (Wildman–Crippen MR) is 117 cm³/mol. The molecule has 4 rings (SSSR count). The minimum Gasteiger partial charge on any atom is -0.273 e. The molecule has 0 aliphatic carbocycles. The summed E-state index contributed by atoms with van der Waals surface area (Å²) < 4.78 is 1.86. The number of amides is 1. The van der Waals surface area contributed by atoms with Crippen molar-refractivity contribution in [3.63, 3.8) is 0 Å². The van der Waals surface area contributed by atoms with Gasteiger partial charge in [0.15, 0.2) is 0 Å². The van der Waals surface area contributed by atoms with Crippen molar-refractivity contribution in [2.24, 2.45) is 5.10 Å². The smallest absolute Gasteiger partial charge is 0.246 e. The fraction of sp³-hybridized carbons (Fsp3) is 0.136. The summed E-state index contributed by atoms with van der Waals surface area (Å²) in [5.41, 5.74) is 6.90. The number of rotatable bonds is 7. The van der Waals surface area contributed by atoms with Crippen LogP contribution in [-0.4, -0.2) is 31.9 Å². The lowest BCUT2D eigenvalue weighted by Gasteiger charge is -2.01. The lowest BCUT2D eigenvalue weighted by molar-refractivity contribution is -0.120. The lowest BCUT2D eigenvalue weighted by Crippen LogP contribution is -2.19. The molecule has 0 atom stereocenters. The number of thiazole rings is 1. The van der Waals surface area contributed by atoms with E-state index in [1.54, 1.807) is 18.6 Å². The third kappa shape index (κ3) is 5.03. The molecule has 7 nitrogen and oxygen atoms in total. The number of hydrogen-bond acceptors (Lipinski definition) is 6. The van der Waals surface area contributed by atoms with Crippen molar-refractivity contribution in [3.05, 3.63) is 88.3 Å². The van der Waals surface area contributed by atoms with Crippen molar-refractivity contribution < 1.29 is 4.79 Å². The second kappa shape index (κ2) is 9.23. The maximum Gasteiger partial charge on any atom is 0.246 e. The molecule has 0 bridgehead atoms. The third-order valence-corrected chi connectivity index (χ3v) is 5.14. The fourth-order valence-electron chi connectivity index (χ4n) is 2.98. The number of nitrogens with zero attached hydrogens (tertiary/aromatic N) is 5. The van der Waals surface area contributed by atoms with Gasteiger partial charge < -0.3 is 0 Å². The van der Waals surface area contributed by atoms with Crippen LogP contribution in [0.1, 0.15) is 21.8 Å². The Morgan fingerprint density at radius 2 is 2.10 bits per heavy atom. The van der Waals surface area contributed by atoms with E-state index < -0.39 is 0 Å². The first-order chi connectivity index (χ1) is 14.7. The van der Waals surface area contributed by atoms with Gasteiger partial charge in [0.2, 0.25) is 5.91 Å². The molecule has 1 aromatic carbocycles. The van der Waals surface area contributed by atoms with Gasteiger partial charge in [-0.3, -0.25) is 14.5 Å². The van der Waals surface area contributed by atoms with Gasteiger partial charge in [0.25, 0.3) is 0 Å². The number of nitrogens with one attached hydrogen (secondary N) is 1. The van der Waals surface area contributed by atoms with Crippen LogP contribution in [0.15, 0.2) is 71.5 Å². The van der Waals surface area contributed by atoms with Gasteiger partial charge in [-0.1, -0.05) is 30.3 Å². The maximum atomic E-state index is 12.1. The highest BCUT2D eigenvalue weighted by Crippen LogP contribution is 2.20. The van der Waals surface area contributed by atoms with Gasteiger partial charge >= 0.3 is 0 Å². The number of aromatic nitrogens is 4. The van der Waals surface area contributed by atoms with Crippen molar-refractivity contribution in [1.29, 1.82) is 0 Å². The molecule has 3 aromatic heterocycles. The normalized spacial score (nSPS) is 11.1. The predicted octanol–water partition coefficient (Wildman–Crippen LogP) is 3.45. The second-order valence-corrected chi connectivity index (χ2v) is 7.75. The number of carbonyl (C=O) groups excluding carboxylic acids is 1. The molecule has 0 spiro atoms. The summed E-state index contributed by atoms with van der Waals surface area (Å²) in [6.07, 6.45) is 7.20. The van der Waals surface area contributed by atoms with E-state index in [4.69, 9.17) is 5.10 Å². The zero-order valence-corrected chi connectivity index (χ0v) is 17.2. The summed E-state index contributed by atoms with van der Waals surface area (Å²) in [7, 11) is 0. The largest absolute Gasteiger partial charge is 0.273 e. The van der Waals surface area contributed by atoms with E-state index in [1.165, 1.54) is 11.3 Å². The average Bonchev–Trinajstić information content (AvgIpc) is 3.35. The molecule has 3 heterocycles. The van der Waals surface area contributed by atoms with Gasteiger partial charge in [0.05, 0.1) is 29.9 Å². The molecule has 1 N–H and O–H groups in total. The Balaban J connectivity index is 1.51. The van der Waals surface area contributed by atoms with Gasteiger partial charge in [0, 0.05) is 35.1 Å². The van der Waals surface area contributed by atoms with Gasteiger partial charge in [-0.2, -0.15) is 10.2 Å². The summed E-state index contributed by atoms with van der Waals surface area (Å²) in [6.45, 7) is 2.55. The van der Waals surface area contributed by atoms with Crippen LogP contribution in [0.3, 0.4) is 0 Å². The molecule has 0 radical (unpaired) electrons. The molecule has 0 unspecified atom stereocenters. The molecule has 8 heteroatoms. The lowest BCUT2D eigenvalue weighted by atomic mass is 10.1. The van der Waals surface area contributed by atoms with Crippen LogP contribution in [0.2, 0.25) is 0 Å². The zero-order chi connectivity index (χ0) is 20.8. The Kier molecular flexibility index (Phi) is 6.05. The highest BCUT2D eigenvalue weighted by atomic mass is 32.1. The first-order valence-corrected chi connectivity index (χ1v) is 10.3. The van der Waals surface area contributed by atoms with Crippen LogP contribution in [-0.2, 0) is 17.8 Å². The van der Waals surface area contributed by atoms with Crippen molar-refractivity contribution in [1.82, 2.24) is 25.2 Å². The summed E-state index contributed by atoms with van der Waals surface area (Å²) in [4.78, 5) is 20.6. The molecule has 0 saturated carbocycles. The Labute approximate surface area is 178 Å². The number of benzene rings is 1. The van der Waals surface area contributed by atoms with Crippen LogP contribution in [0.25, 0.3) is 11.3 Å². The Hall–Kier alpha value is -3.65. The number of aryl methyl sites for hydroxylation is 1. The summed E-state index contributed by atoms with van der Waals surface area (Å²) in [5, 5.41) is 11.7. The van der Waals surface area contributed by atoms with Gasteiger partial charge in [-0.15, -0.1) is 11.3 Å². The molecular formula is C22H20N6OS. The molecule has 1 amide bonds. The highest BCUT2D eigenvalue weighted by molar-refractivity contribution is 7.09. The topological polar surface area (TPSA) is 85.1 Å². The van der Waals surface area contributed by atoms with Crippen molar-refractivity contribution >= 4 is 23.5 Å². The van der Waals surface area contributed by atoms with Crippen LogP contribution in [0.5, 0.6) is 0 Å². The van der Waals surface area contributed by atoms with Crippen LogP contribution in [0.4, 0.5) is 0 Å². The van der Waals surface area contributed by atoms with Gasteiger partial charge in [0.1, 0.15) is 5.69 Å². The van der Waals surface area contributed by atoms with E-state index in [-0.39, 0.29) is 12.3 Å². The minimum absolute atomic E-state index is 0.199. The number of pyridine rings is 1. The number of hydrogen-bond donors (Lipinski definition) is 1. The minimum atomic E-state index is -0.212. The molecule has 150 valence electrons. The summed E-state index contributed by atoms with van der Waals surface area (Å²) in [5.74, 6) is -0.212. The molecular weight excluding hydrogens is 396 g/mol. The molecule has 0 saturated heterocycles. The van der Waals surface area contributed by atoms with Gasteiger partial charge in [-0.05, 0) is 24.6 Å².